The number of benzene rings is 2. The van der Waals surface area contributed by atoms with E-state index in [0.29, 0.717) is 25.2 Å². The standard InChI is InChI=1S/C26H27NO2/c28-25(22-11-2-3-12-22)15-7-8-16-26(29)27-19-23-13-4-1-9-20(23)17-18-21-10-5-6-14-24(21)27/h1,4-6,9-10,13-14,22H,2-3,7-8,11-12,15-16,19H2. The van der Waals surface area contributed by atoms with Gasteiger partial charge in [-0.05, 0) is 49.4 Å². The van der Waals surface area contributed by atoms with E-state index in [1.807, 2.05) is 53.4 Å². The van der Waals surface area contributed by atoms with Crippen LogP contribution in [0.5, 0.6) is 0 Å². The third-order valence-corrected chi connectivity index (χ3v) is 6.05. The van der Waals surface area contributed by atoms with Gasteiger partial charge < -0.3 is 4.90 Å². The molecule has 2 aromatic rings. The monoisotopic (exact) mass is 385 g/mol. The Hall–Kier alpha value is -2.86. The minimum atomic E-state index is 0.101. The van der Waals surface area contributed by atoms with Crippen molar-refractivity contribution < 1.29 is 9.59 Å². The molecule has 29 heavy (non-hydrogen) atoms. The molecule has 148 valence electrons. The van der Waals surface area contributed by atoms with Gasteiger partial charge in [0.1, 0.15) is 5.78 Å². The van der Waals surface area contributed by atoms with Crippen molar-refractivity contribution >= 4 is 17.4 Å². The van der Waals surface area contributed by atoms with Crippen LogP contribution in [0.1, 0.15) is 68.1 Å². The van der Waals surface area contributed by atoms with E-state index in [9.17, 15) is 9.59 Å². The van der Waals surface area contributed by atoms with Gasteiger partial charge >= 0.3 is 0 Å². The van der Waals surface area contributed by atoms with Crippen LogP contribution < -0.4 is 4.90 Å². The van der Waals surface area contributed by atoms with Crippen LogP contribution in [0.4, 0.5) is 5.69 Å². The Bertz CT molecular complexity index is 960. The molecule has 0 unspecified atom stereocenters. The summed E-state index contributed by atoms with van der Waals surface area (Å²) in [4.78, 5) is 27.3. The number of ketones is 1. The van der Waals surface area contributed by atoms with Gasteiger partial charge in [0.25, 0.3) is 0 Å². The quantitative estimate of drug-likeness (QED) is 0.503. The molecule has 3 nitrogen and oxygen atoms in total. The van der Waals surface area contributed by atoms with E-state index < -0.39 is 0 Å². The smallest absolute Gasteiger partial charge is 0.227 e. The van der Waals surface area contributed by atoms with Gasteiger partial charge in [0, 0.05) is 29.9 Å². The van der Waals surface area contributed by atoms with E-state index in [0.717, 1.165) is 48.1 Å². The van der Waals surface area contributed by atoms with Crippen LogP contribution in [0.3, 0.4) is 0 Å². The molecular weight excluding hydrogens is 358 g/mol. The van der Waals surface area contributed by atoms with Crippen molar-refractivity contribution in [2.24, 2.45) is 5.92 Å². The minimum Gasteiger partial charge on any atom is -0.307 e. The van der Waals surface area contributed by atoms with Crippen molar-refractivity contribution in [3.63, 3.8) is 0 Å². The van der Waals surface area contributed by atoms with Crippen LogP contribution >= 0.6 is 0 Å². The highest BCUT2D eigenvalue weighted by atomic mass is 16.2. The molecule has 1 heterocycles. The lowest BCUT2D eigenvalue weighted by Gasteiger charge is -2.26. The predicted octanol–water partition coefficient (Wildman–Crippen LogP) is 5.25. The summed E-state index contributed by atoms with van der Waals surface area (Å²) in [6.45, 7) is 0.529. The van der Waals surface area contributed by atoms with Crippen LogP contribution in [0, 0.1) is 17.8 Å². The van der Waals surface area contributed by atoms with Gasteiger partial charge in [0.15, 0.2) is 0 Å². The Morgan fingerprint density at radius 2 is 1.52 bits per heavy atom. The van der Waals surface area contributed by atoms with E-state index >= 15 is 0 Å². The molecule has 0 saturated heterocycles. The van der Waals surface area contributed by atoms with E-state index in [4.69, 9.17) is 0 Å². The van der Waals surface area contributed by atoms with Gasteiger partial charge in [-0.25, -0.2) is 0 Å². The lowest BCUT2D eigenvalue weighted by Crippen LogP contribution is -2.31. The van der Waals surface area contributed by atoms with Gasteiger partial charge in [-0.15, -0.1) is 0 Å². The third-order valence-electron chi connectivity index (χ3n) is 6.05. The summed E-state index contributed by atoms with van der Waals surface area (Å²) in [6.07, 6.45) is 7.12. The number of fused-ring (bicyclic) bond motifs is 2. The Labute approximate surface area is 173 Å². The number of para-hydroxylation sites is 1. The zero-order valence-corrected chi connectivity index (χ0v) is 16.8. The number of rotatable bonds is 6. The second-order valence-electron chi connectivity index (χ2n) is 8.06. The van der Waals surface area contributed by atoms with Gasteiger partial charge in [-0.1, -0.05) is 55.0 Å². The summed E-state index contributed by atoms with van der Waals surface area (Å²) in [6, 6.07) is 15.9. The fourth-order valence-electron chi connectivity index (χ4n) is 4.37. The molecule has 1 aliphatic carbocycles. The number of unbranched alkanes of at least 4 members (excludes halogenated alkanes) is 1. The summed E-state index contributed by atoms with van der Waals surface area (Å²) >= 11 is 0. The summed E-state index contributed by atoms with van der Waals surface area (Å²) in [5.41, 5.74) is 3.80. The highest BCUT2D eigenvalue weighted by Gasteiger charge is 2.23. The third kappa shape index (κ3) is 4.59. The van der Waals surface area contributed by atoms with Crippen molar-refractivity contribution in [3.05, 3.63) is 65.2 Å². The van der Waals surface area contributed by atoms with E-state index in [1.54, 1.807) is 0 Å². The number of hydrogen-bond acceptors (Lipinski definition) is 2. The second-order valence-corrected chi connectivity index (χ2v) is 8.06. The van der Waals surface area contributed by atoms with Crippen molar-refractivity contribution in [1.29, 1.82) is 0 Å². The summed E-state index contributed by atoms with van der Waals surface area (Å²) in [7, 11) is 0. The SMILES string of the molecule is O=C(CCCCC(=O)N1Cc2ccccc2C#Cc2ccccc21)C1CCCC1. The number of amides is 1. The van der Waals surface area contributed by atoms with Gasteiger partial charge in [-0.2, -0.15) is 0 Å². The second kappa shape index (κ2) is 9.09. The first-order valence-corrected chi connectivity index (χ1v) is 10.7. The number of nitrogens with zero attached hydrogens (tertiary/aromatic N) is 1. The number of carbonyl (C=O) groups excluding carboxylic acids is 2. The first kappa shape index (κ1) is 19.5. The zero-order valence-electron chi connectivity index (χ0n) is 16.8. The molecule has 1 fully saturated rings. The lowest BCUT2D eigenvalue weighted by molar-refractivity contribution is -0.123. The fourth-order valence-corrected chi connectivity index (χ4v) is 4.37. The highest BCUT2D eigenvalue weighted by Crippen LogP contribution is 2.28. The molecule has 4 rings (SSSR count). The maximum Gasteiger partial charge on any atom is 0.227 e. The maximum absolute atomic E-state index is 13.1. The molecule has 2 aromatic carbocycles. The average molecular weight is 386 g/mol. The van der Waals surface area contributed by atoms with Crippen LogP contribution in [-0.4, -0.2) is 11.7 Å². The van der Waals surface area contributed by atoms with Crippen molar-refractivity contribution in [2.45, 2.75) is 57.9 Å². The molecule has 0 N–H and O–H groups in total. The van der Waals surface area contributed by atoms with Crippen LogP contribution in [0.25, 0.3) is 0 Å². The van der Waals surface area contributed by atoms with Crippen LogP contribution in [0.2, 0.25) is 0 Å². The topological polar surface area (TPSA) is 37.4 Å². The molecule has 0 spiro atoms. The Kier molecular flexibility index (Phi) is 6.10. The van der Waals surface area contributed by atoms with Crippen LogP contribution in [-0.2, 0) is 16.1 Å². The Morgan fingerprint density at radius 1 is 0.862 bits per heavy atom. The Morgan fingerprint density at radius 3 is 2.34 bits per heavy atom. The largest absolute Gasteiger partial charge is 0.307 e. The summed E-state index contributed by atoms with van der Waals surface area (Å²) < 4.78 is 0. The van der Waals surface area contributed by atoms with Gasteiger partial charge in [0.05, 0.1) is 12.2 Å². The molecule has 0 aromatic heterocycles. The molecule has 3 heteroatoms. The minimum absolute atomic E-state index is 0.101. The van der Waals surface area contributed by atoms with Crippen molar-refractivity contribution in [2.75, 3.05) is 4.90 Å². The first-order valence-electron chi connectivity index (χ1n) is 10.7. The number of Topliss-reactive ketones (excluding diaryl/α,β-unsaturated/α-hetero) is 1. The van der Waals surface area contributed by atoms with Gasteiger partial charge in [0.2, 0.25) is 5.91 Å². The number of hydrogen-bond donors (Lipinski definition) is 0. The lowest BCUT2D eigenvalue weighted by atomic mass is 9.97. The van der Waals surface area contributed by atoms with Crippen molar-refractivity contribution in [3.8, 4) is 11.8 Å². The Balaban J connectivity index is 1.43. The first-order chi connectivity index (χ1) is 14.2. The van der Waals surface area contributed by atoms with E-state index in [1.165, 1.54) is 12.8 Å². The molecule has 0 radical (unpaired) electrons. The number of carbonyl (C=O) groups is 2. The molecule has 1 amide bonds. The molecule has 0 atom stereocenters. The van der Waals surface area contributed by atoms with E-state index in [-0.39, 0.29) is 11.8 Å². The number of anilines is 1. The molecular formula is C26H27NO2. The van der Waals surface area contributed by atoms with Crippen LogP contribution in [0.15, 0.2) is 48.5 Å². The molecule has 1 saturated carbocycles. The summed E-state index contributed by atoms with van der Waals surface area (Å²) in [5.74, 6) is 7.26. The zero-order chi connectivity index (χ0) is 20.1. The fraction of sp³-hybridized carbons (Fsp3) is 0.385. The normalized spacial score (nSPS) is 15.5. The highest BCUT2D eigenvalue weighted by molar-refractivity contribution is 5.95. The average Bonchev–Trinajstić information content (AvgIpc) is 3.28. The van der Waals surface area contributed by atoms with Crippen molar-refractivity contribution in [1.82, 2.24) is 0 Å². The molecule has 0 bridgehead atoms. The molecule has 2 aliphatic rings. The summed E-state index contributed by atoms with van der Waals surface area (Å²) in [5, 5.41) is 0. The predicted molar refractivity (Wildman–Crippen MR) is 115 cm³/mol. The molecule has 1 aliphatic heterocycles. The van der Waals surface area contributed by atoms with Gasteiger partial charge in [-0.3, -0.25) is 9.59 Å². The maximum atomic E-state index is 13.1. The van der Waals surface area contributed by atoms with E-state index in [2.05, 4.69) is 11.8 Å².